The van der Waals surface area contributed by atoms with E-state index in [9.17, 15) is 19.2 Å². The summed E-state index contributed by atoms with van der Waals surface area (Å²) in [6, 6.07) is 13.1. The molecule has 0 unspecified atom stereocenters. The Morgan fingerprint density at radius 2 is 1.40 bits per heavy atom. The van der Waals surface area contributed by atoms with Gasteiger partial charge in [-0.2, -0.15) is 0 Å². The summed E-state index contributed by atoms with van der Waals surface area (Å²) in [7, 11) is 0. The van der Waals surface area contributed by atoms with E-state index < -0.39 is 47.8 Å². The first kappa shape index (κ1) is 34.6. The van der Waals surface area contributed by atoms with Crippen LogP contribution in [0.3, 0.4) is 0 Å². The van der Waals surface area contributed by atoms with Gasteiger partial charge in [0.05, 0.1) is 6.04 Å². The molecule has 45 heavy (non-hydrogen) atoms. The van der Waals surface area contributed by atoms with Gasteiger partial charge in [0, 0.05) is 30.1 Å². The average molecular weight is 620 g/mol. The Bertz CT molecular complexity index is 1450. The summed E-state index contributed by atoms with van der Waals surface area (Å²) < 4.78 is 0. The van der Waals surface area contributed by atoms with Crippen LogP contribution in [0, 0.1) is 0 Å². The van der Waals surface area contributed by atoms with Crippen LogP contribution in [0.5, 0.6) is 0 Å². The molecule has 2 aromatic carbocycles. The van der Waals surface area contributed by atoms with Gasteiger partial charge in [0.15, 0.2) is 5.96 Å². The van der Waals surface area contributed by atoms with Crippen LogP contribution < -0.4 is 38.9 Å². The zero-order valence-electron chi connectivity index (χ0n) is 25.6. The average Bonchev–Trinajstić information content (AvgIpc) is 3.43. The number of unbranched alkanes of at least 4 members (excludes halogenated alkanes) is 1. The summed E-state index contributed by atoms with van der Waals surface area (Å²) in [4.78, 5) is 59.6. The number of aromatic amines is 1. The lowest BCUT2D eigenvalue weighted by Gasteiger charge is -2.25. The van der Waals surface area contributed by atoms with Gasteiger partial charge < -0.3 is 43.9 Å². The third-order valence-corrected chi connectivity index (χ3v) is 7.45. The number of nitrogens with two attached hydrogens (primary N) is 4. The first-order valence-corrected chi connectivity index (χ1v) is 15.2. The second-order valence-corrected chi connectivity index (χ2v) is 11.0. The number of H-pyrrole nitrogens is 1. The SMILES string of the molecule is CCCC[C@@H](NC(=O)[C@@H](Cc1c[nH]c2ccccc12)NC(=O)[C@H](N)Cc1ccccc1)C(=O)N[C@H](CCCN=C(N)N)C(N)=O. The molecule has 0 aliphatic heterocycles. The van der Waals surface area contributed by atoms with E-state index in [1.165, 1.54) is 0 Å². The smallest absolute Gasteiger partial charge is 0.243 e. The number of carbonyl (C=O) groups is 4. The number of fused-ring (bicyclic) bond motifs is 1. The number of aromatic nitrogens is 1. The lowest BCUT2D eigenvalue weighted by molar-refractivity contribution is -0.133. The van der Waals surface area contributed by atoms with Crippen LogP contribution in [0.15, 0.2) is 65.8 Å². The van der Waals surface area contributed by atoms with Crippen LogP contribution in [0.4, 0.5) is 0 Å². The molecule has 1 heterocycles. The molecular formula is C32H45N9O4. The molecule has 12 N–H and O–H groups in total. The van der Waals surface area contributed by atoms with E-state index in [0.29, 0.717) is 19.3 Å². The molecule has 0 saturated heterocycles. The quantitative estimate of drug-likeness (QED) is 0.0568. The van der Waals surface area contributed by atoms with Crippen LogP contribution >= 0.6 is 0 Å². The molecule has 0 fully saturated rings. The van der Waals surface area contributed by atoms with Gasteiger partial charge in [-0.3, -0.25) is 24.2 Å². The van der Waals surface area contributed by atoms with E-state index in [1.807, 2.05) is 61.5 Å². The van der Waals surface area contributed by atoms with Gasteiger partial charge in [0.1, 0.15) is 18.1 Å². The molecule has 1 aromatic heterocycles. The van der Waals surface area contributed by atoms with Gasteiger partial charge in [0.25, 0.3) is 0 Å². The number of aliphatic imine (C=N–C) groups is 1. The number of hydrogen-bond acceptors (Lipinski definition) is 6. The number of para-hydroxylation sites is 1. The van der Waals surface area contributed by atoms with Crippen LogP contribution in [-0.2, 0) is 32.0 Å². The Morgan fingerprint density at radius 3 is 2.09 bits per heavy atom. The number of primary amides is 1. The molecular weight excluding hydrogens is 574 g/mol. The van der Waals surface area contributed by atoms with Crippen molar-refractivity contribution in [3.8, 4) is 0 Å². The van der Waals surface area contributed by atoms with Gasteiger partial charge in [-0.1, -0.05) is 68.3 Å². The van der Waals surface area contributed by atoms with Crippen LogP contribution in [0.2, 0.25) is 0 Å². The monoisotopic (exact) mass is 619 g/mol. The first-order chi connectivity index (χ1) is 21.6. The molecule has 0 spiro atoms. The van der Waals surface area contributed by atoms with Gasteiger partial charge >= 0.3 is 0 Å². The molecule has 13 heteroatoms. The molecule has 13 nitrogen and oxygen atoms in total. The molecule has 0 aliphatic carbocycles. The number of nitrogens with one attached hydrogen (secondary N) is 4. The van der Waals surface area contributed by atoms with E-state index >= 15 is 0 Å². The maximum absolute atomic E-state index is 13.8. The second kappa shape index (κ2) is 17.4. The molecule has 3 rings (SSSR count). The van der Waals surface area contributed by atoms with Crippen molar-refractivity contribution in [3.63, 3.8) is 0 Å². The van der Waals surface area contributed by atoms with Gasteiger partial charge in [-0.25, -0.2) is 0 Å². The zero-order chi connectivity index (χ0) is 32.8. The fourth-order valence-electron chi connectivity index (χ4n) is 4.98. The lowest BCUT2D eigenvalue weighted by Crippen LogP contribution is -2.58. The number of nitrogens with zero attached hydrogens (tertiary/aromatic N) is 1. The summed E-state index contributed by atoms with van der Waals surface area (Å²) in [5, 5.41) is 9.19. The van der Waals surface area contributed by atoms with Crippen molar-refractivity contribution in [1.82, 2.24) is 20.9 Å². The maximum atomic E-state index is 13.8. The molecule has 4 atom stereocenters. The minimum Gasteiger partial charge on any atom is -0.370 e. The second-order valence-electron chi connectivity index (χ2n) is 11.0. The Labute approximate surface area is 262 Å². The van der Waals surface area contributed by atoms with Crippen molar-refractivity contribution in [1.29, 1.82) is 0 Å². The Kier molecular flexibility index (Phi) is 13.4. The summed E-state index contributed by atoms with van der Waals surface area (Å²) in [5.41, 5.74) is 25.1. The molecule has 0 radical (unpaired) electrons. The van der Waals surface area contributed by atoms with E-state index in [1.54, 1.807) is 6.20 Å². The topological polar surface area (TPSA) is 237 Å². The van der Waals surface area contributed by atoms with Crippen molar-refractivity contribution >= 4 is 40.5 Å². The fraction of sp³-hybridized carbons (Fsp3) is 0.406. The number of benzene rings is 2. The molecule has 0 saturated carbocycles. The van der Waals surface area contributed by atoms with Crippen LogP contribution in [0.1, 0.15) is 50.2 Å². The fourth-order valence-corrected chi connectivity index (χ4v) is 4.98. The highest BCUT2D eigenvalue weighted by molar-refractivity contribution is 5.95. The number of amides is 4. The number of carbonyl (C=O) groups excluding carboxylic acids is 4. The van der Waals surface area contributed by atoms with Crippen molar-refractivity contribution in [3.05, 3.63) is 71.9 Å². The summed E-state index contributed by atoms with van der Waals surface area (Å²) >= 11 is 0. The Hall–Kier alpha value is -4.91. The van der Waals surface area contributed by atoms with Crippen LogP contribution in [-0.4, -0.2) is 65.3 Å². The van der Waals surface area contributed by atoms with Crippen molar-refractivity contribution in [2.45, 2.75) is 76.0 Å². The minimum absolute atomic E-state index is 0.0766. The van der Waals surface area contributed by atoms with Gasteiger partial charge in [-0.15, -0.1) is 0 Å². The third-order valence-electron chi connectivity index (χ3n) is 7.45. The molecule has 242 valence electrons. The largest absolute Gasteiger partial charge is 0.370 e. The molecule has 0 bridgehead atoms. The highest BCUT2D eigenvalue weighted by Crippen LogP contribution is 2.19. The molecule has 0 aliphatic rings. The Balaban J connectivity index is 1.78. The molecule has 4 amide bonds. The Morgan fingerprint density at radius 1 is 0.778 bits per heavy atom. The third kappa shape index (κ3) is 10.9. The summed E-state index contributed by atoms with van der Waals surface area (Å²) in [5.74, 6) is -2.40. The number of hydrogen-bond donors (Lipinski definition) is 8. The standard InChI is InChI=1S/C32H45N9O4/c1-2-3-13-26(30(44)39-25(28(34)42)15-9-16-37-32(35)36)40-31(45)27(18-21-19-38-24-14-8-7-12-22(21)24)41-29(43)23(33)17-20-10-5-4-6-11-20/h4-8,10-12,14,19,23,25-27,38H,2-3,9,13,15-18,33H2,1H3,(H2,34,42)(H,39,44)(H,40,45)(H,41,43)(H4,35,36,37)/t23-,25-,26-,27-/m1/s1. The normalized spacial score (nSPS) is 13.6. The molecule has 3 aromatic rings. The highest BCUT2D eigenvalue weighted by atomic mass is 16.2. The van der Waals surface area contributed by atoms with Crippen molar-refractivity contribution < 1.29 is 19.2 Å². The summed E-state index contributed by atoms with van der Waals surface area (Å²) in [6.07, 6.45) is 4.55. The lowest BCUT2D eigenvalue weighted by atomic mass is 10.0. The first-order valence-electron chi connectivity index (χ1n) is 15.2. The summed E-state index contributed by atoms with van der Waals surface area (Å²) in [6.45, 7) is 2.22. The number of guanidine groups is 1. The van der Waals surface area contributed by atoms with Gasteiger partial charge in [0.2, 0.25) is 23.6 Å². The zero-order valence-corrected chi connectivity index (χ0v) is 25.6. The van der Waals surface area contributed by atoms with Gasteiger partial charge in [-0.05, 0) is 42.9 Å². The van der Waals surface area contributed by atoms with Crippen LogP contribution in [0.25, 0.3) is 10.9 Å². The van der Waals surface area contributed by atoms with E-state index in [0.717, 1.165) is 28.5 Å². The predicted molar refractivity (Wildman–Crippen MR) is 175 cm³/mol. The number of rotatable bonds is 18. The van der Waals surface area contributed by atoms with Crippen molar-refractivity contribution in [2.75, 3.05) is 6.54 Å². The minimum atomic E-state index is -1.04. The van der Waals surface area contributed by atoms with Crippen molar-refractivity contribution in [2.24, 2.45) is 27.9 Å². The van der Waals surface area contributed by atoms with E-state index in [-0.39, 0.29) is 31.8 Å². The predicted octanol–water partition coefficient (Wildman–Crippen LogP) is 0.464. The maximum Gasteiger partial charge on any atom is 0.243 e. The van der Waals surface area contributed by atoms with E-state index in [2.05, 4.69) is 25.9 Å². The highest BCUT2D eigenvalue weighted by Gasteiger charge is 2.30. The van der Waals surface area contributed by atoms with E-state index in [4.69, 9.17) is 22.9 Å².